The van der Waals surface area contributed by atoms with Gasteiger partial charge >= 0.3 is 0 Å². The van der Waals surface area contributed by atoms with Crippen molar-refractivity contribution in [3.63, 3.8) is 0 Å². The highest BCUT2D eigenvalue weighted by Crippen LogP contribution is 2.38. The van der Waals surface area contributed by atoms with Crippen molar-refractivity contribution in [2.45, 2.75) is 0 Å². The quantitative estimate of drug-likeness (QED) is 0.173. The van der Waals surface area contributed by atoms with E-state index in [1.165, 1.54) is 0 Å². The van der Waals surface area contributed by atoms with Crippen LogP contribution in [0.4, 0.5) is 0 Å². The van der Waals surface area contributed by atoms with E-state index in [0.717, 1.165) is 73.1 Å². The van der Waals surface area contributed by atoms with E-state index in [9.17, 15) is 5.26 Å². The number of nitriles is 1. The number of nitrogens with zero attached hydrogens (tertiary/aromatic N) is 5. The summed E-state index contributed by atoms with van der Waals surface area (Å²) in [5, 5.41) is 9.55. The number of benzene rings is 6. The van der Waals surface area contributed by atoms with Crippen LogP contribution >= 0.6 is 0 Å². The second-order valence-corrected chi connectivity index (χ2v) is 11.8. The fraction of sp³-hybridized carbons (Fsp3) is 0. The summed E-state index contributed by atoms with van der Waals surface area (Å²) in [7, 11) is 0. The van der Waals surface area contributed by atoms with Gasteiger partial charge in [0.1, 0.15) is 0 Å². The Hall–Kier alpha value is -7.03. The first kappa shape index (κ1) is 30.3. The van der Waals surface area contributed by atoms with Gasteiger partial charge in [-0.3, -0.25) is 0 Å². The predicted molar refractivity (Wildman–Crippen MR) is 200 cm³/mol. The molecule has 8 rings (SSSR count). The summed E-state index contributed by atoms with van der Waals surface area (Å²) in [6, 6.07) is 60.7. The van der Waals surface area contributed by atoms with Crippen LogP contribution in [0.5, 0.6) is 0 Å². The topological polar surface area (TPSA) is 75.3 Å². The number of aromatic nitrogens is 4. The molecular formula is C45H29N5. The summed E-state index contributed by atoms with van der Waals surface area (Å²) < 4.78 is 0. The first-order valence-corrected chi connectivity index (χ1v) is 16.4. The van der Waals surface area contributed by atoms with Gasteiger partial charge in [0.05, 0.1) is 45.8 Å². The molecule has 0 aliphatic heterocycles. The van der Waals surface area contributed by atoms with Crippen LogP contribution in [0.3, 0.4) is 0 Å². The molecule has 0 saturated heterocycles. The lowest BCUT2D eigenvalue weighted by molar-refractivity contribution is 1.18. The van der Waals surface area contributed by atoms with E-state index in [1.54, 1.807) is 6.07 Å². The molecule has 0 saturated carbocycles. The van der Waals surface area contributed by atoms with Crippen molar-refractivity contribution in [1.29, 1.82) is 5.26 Å². The summed E-state index contributed by atoms with van der Waals surface area (Å²) in [6.07, 6.45) is 0. The van der Waals surface area contributed by atoms with Gasteiger partial charge in [0.25, 0.3) is 0 Å². The Bertz CT molecular complexity index is 2460. The average molecular weight is 640 g/mol. The zero-order valence-corrected chi connectivity index (χ0v) is 27.0. The monoisotopic (exact) mass is 639 g/mol. The Labute approximate surface area is 290 Å². The molecule has 6 aromatic carbocycles. The van der Waals surface area contributed by atoms with Gasteiger partial charge in [-0.05, 0) is 18.2 Å². The summed E-state index contributed by atoms with van der Waals surface area (Å²) in [5.41, 5.74) is 12.0. The smallest absolute Gasteiger partial charge is 0.160 e. The van der Waals surface area contributed by atoms with Crippen molar-refractivity contribution in [3.05, 3.63) is 181 Å². The van der Waals surface area contributed by atoms with Crippen molar-refractivity contribution in [3.8, 4) is 85.0 Å². The largest absolute Gasteiger partial charge is 0.243 e. The van der Waals surface area contributed by atoms with Crippen molar-refractivity contribution < 1.29 is 0 Å². The molecule has 0 unspecified atom stereocenters. The normalized spacial score (nSPS) is 10.8. The van der Waals surface area contributed by atoms with E-state index in [4.69, 9.17) is 19.9 Å². The fourth-order valence-corrected chi connectivity index (χ4v) is 6.03. The molecule has 0 N–H and O–H groups in total. The SMILES string of the molecule is N#Cc1cccc(-c2cc(-c3ccc(-c4nc(-c5ccccc5)c(-c5ccccc5)nc4-c4ccccc4)cc3)nc(-c3ccccc3)n2)c1. The third-order valence-electron chi connectivity index (χ3n) is 8.54. The van der Waals surface area contributed by atoms with Gasteiger partial charge in [-0.1, -0.05) is 158 Å². The van der Waals surface area contributed by atoms with E-state index in [0.29, 0.717) is 11.4 Å². The van der Waals surface area contributed by atoms with Gasteiger partial charge in [0, 0.05) is 38.9 Å². The van der Waals surface area contributed by atoms with Crippen LogP contribution in [0.25, 0.3) is 78.9 Å². The van der Waals surface area contributed by atoms with Crippen LogP contribution in [-0.2, 0) is 0 Å². The second kappa shape index (κ2) is 13.6. The van der Waals surface area contributed by atoms with Crippen LogP contribution in [0, 0.1) is 11.3 Å². The van der Waals surface area contributed by atoms with E-state index in [1.807, 2.05) is 109 Å². The standard InChI is InChI=1S/C45H29N5/c46-30-31-14-13-23-38(28-31)40-29-39(47-45(48-40)37-21-11-4-12-22-37)32-24-26-36(27-25-32)44-43(35-19-9-3-10-20-35)49-41(33-15-5-1-6-16-33)42(50-44)34-17-7-2-8-18-34/h1-29H. The lowest BCUT2D eigenvalue weighted by Crippen LogP contribution is -2.01. The lowest BCUT2D eigenvalue weighted by Gasteiger charge is -2.16. The van der Waals surface area contributed by atoms with E-state index in [2.05, 4.69) is 66.7 Å². The predicted octanol–water partition coefficient (Wildman–Crippen LogP) is 10.8. The number of hydrogen-bond acceptors (Lipinski definition) is 5. The van der Waals surface area contributed by atoms with Crippen molar-refractivity contribution in [2.75, 3.05) is 0 Å². The summed E-state index contributed by atoms with van der Waals surface area (Å²) in [6.45, 7) is 0. The highest BCUT2D eigenvalue weighted by atomic mass is 14.9. The van der Waals surface area contributed by atoms with Crippen LogP contribution in [0.2, 0.25) is 0 Å². The molecule has 0 atom stereocenters. The average Bonchev–Trinajstić information content (AvgIpc) is 3.21. The zero-order chi connectivity index (χ0) is 33.7. The van der Waals surface area contributed by atoms with E-state index in [-0.39, 0.29) is 0 Å². The van der Waals surface area contributed by atoms with Gasteiger partial charge in [-0.2, -0.15) is 5.26 Å². The second-order valence-electron chi connectivity index (χ2n) is 11.8. The molecule has 0 aliphatic carbocycles. The van der Waals surface area contributed by atoms with E-state index < -0.39 is 0 Å². The van der Waals surface area contributed by atoms with E-state index >= 15 is 0 Å². The molecule has 5 heteroatoms. The Balaban J connectivity index is 1.28. The fourth-order valence-electron chi connectivity index (χ4n) is 6.03. The Kier molecular flexibility index (Phi) is 8.25. The molecule has 234 valence electrons. The summed E-state index contributed by atoms with van der Waals surface area (Å²) in [5.74, 6) is 0.616. The van der Waals surface area contributed by atoms with Crippen molar-refractivity contribution >= 4 is 0 Å². The third-order valence-corrected chi connectivity index (χ3v) is 8.54. The molecule has 8 aromatic rings. The third kappa shape index (κ3) is 6.17. The minimum absolute atomic E-state index is 0.580. The number of hydrogen-bond donors (Lipinski definition) is 0. The minimum Gasteiger partial charge on any atom is -0.243 e. The van der Waals surface area contributed by atoms with Gasteiger partial charge < -0.3 is 0 Å². The number of rotatable bonds is 7. The molecule has 0 radical (unpaired) electrons. The van der Waals surface area contributed by atoms with Crippen molar-refractivity contribution in [2.24, 2.45) is 0 Å². The maximum absolute atomic E-state index is 9.55. The van der Waals surface area contributed by atoms with Gasteiger partial charge in [0.2, 0.25) is 0 Å². The zero-order valence-electron chi connectivity index (χ0n) is 27.0. The van der Waals surface area contributed by atoms with Gasteiger partial charge in [-0.15, -0.1) is 0 Å². The first-order valence-electron chi connectivity index (χ1n) is 16.4. The lowest BCUT2D eigenvalue weighted by atomic mass is 9.98. The molecular weight excluding hydrogens is 611 g/mol. The maximum Gasteiger partial charge on any atom is 0.160 e. The van der Waals surface area contributed by atoms with Crippen LogP contribution in [0.1, 0.15) is 5.56 Å². The van der Waals surface area contributed by atoms with Gasteiger partial charge in [-0.25, -0.2) is 19.9 Å². The Morgan fingerprint density at radius 3 is 1.16 bits per heavy atom. The molecule has 2 aromatic heterocycles. The molecule has 50 heavy (non-hydrogen) atoms. The highest BCUT2D eigenvalue weighted by Gasteiger charge is 2.20. The molecule has 0 aliphatic rings. The van der Waals surface area contributed by atoms with Crippen LogP contribution in [-0.4, -0.2) is 19.9 Å². The Morgan fingerprint density at radius 2 is 0.700 bits per heavy atom. The molecule has 5 nitrogen and oxygen atoms in total. The summed E-state index contributed by atoms with van der Waals surface area (Å²) >= 11 is 0. The van der Waals surface area contributed by atoms with Crippen LogP contribution < -0.4 is 0 Å². The minimum atomic E-state index is 0.580. The first-order chi connectivity index (χ1) is 24.7. The van der Waals surface area contributed by atoms with Crippen LogP contribution in [0.15, 0.2) is 176 Å². The van der Waals surface area contributed by atoms with Crippen molar-refractivity contribution in [1.82, 2.24) is 19.9 Å². The molecule has 2 heterocycles. The molecule has 0 amide bonds. The van der Waals surface area contributed by atoms with Gasteiger partial charge in [0.15, 0.2) is 5.82 Å². The molecule has 0 bridgehead atoms. The highest BCUT2D eigenvalue weighted by molar-refractivity contribution is 5.87. The summed E-state index contributed by atoms with van der Waals surface area (Å²) in [4.78, 5) is 20.6. The maximum atomic E-state index is 9.55. The molecule has 0 spiro atoms. The molecule has 0 fully saturated rings. The Morgan fingerprint density at radius 1 is 0.320 bits per heavy atom.